The van der Waals surface area contributed by atoms with Crippen molar-refractivity contribution in [2.45, 2.75) is 5.88 Å². The minimum Gasteiger partial charge on any atom is -0.416 e. The first kappa shape index (κ1) is 11.9. The maximum absolute atomic E-state index is 5.75. The number of rotatable bonds is 3. The standard InChI is InChI=1S/C14H10ClN3O/c15-8-10-3-5-11(6-4-10)13-17-18-14(19-13)12-2-1-7-16-9-12/h1-7,9H,8H2. The largest absolute Gasteiger partial charge is 0.416 e. The Balaban J connectivity index is 1.92. The summed E-state index contributed by atoms with van der Waals surface area (Å²) in [5, 5.41) is 8.06. The third-order valence-corrected chi connectivity index (χ3v) is 3.00. The molecule has 0 unspecified atom stereocenters. The Morgan fingerprint density at radius 2 is 1.68 bits per heavy atom. The highest BCUT2D eigenvalue weighted by molar-refractivity contribution is 6.17. The van der Waals surface area contributed by atoms with Crippen molar-refractivity contribution in [1.29, 1.82) is 0 Å². The molecule has 0 aliphatic rings. The highest BCUT2D eigenvalue weighted by Gasteiger charge is 2.10. The van der Waals surface area contributed by atoms with Crippen molar-refractivity contribution >= 4 is 11.6 Å². The summed E-state index contributed by atoms with van der Waals surface area (Å²) < 4.78 is 5.63. The van der Waals surface area contributed by atoms with Crippen LogP contribution in [-0.4, -0.2) is 15.2 Å². The molecule has 0 saturated carbocycles. The van der Waals surface area contributed by atoms with Crippen LogP contribution in [0.3, 0.4) is 0 Å². The van der Waals surface area contributed by atoms with Crippen molar-refractivity contribution in [1.82, 2.24) is 15.2 Å². The Kier molecular flexibility index (Phi) is 3.25. The van der Waals surface area contributed by atoms with Crippen molar-refractivity contribution < 1.29 is 4.42 Å². The van der Waals surface area contributed by atoms with Gasteiger partial charge in [0.2, 0.25) is 11.8 Å². The average molecular weight is 272 g/mol. The van der Waals surface area contributed by atoms with E-state index in [-0.39, 0.29) is 0 Å². The molecule has 19 heavy (non-hydrogen) atoms. The van der Waals surface area contributed by atoms with E-state index >= 15 is 0 Å². The van der Waals surface area contributed by atoms with Crippen molar-refractivity contribution in [3.05, 3.63) is 54.4 Å². The van der Waals surface area contributed by atoms with Crippen LogP contribution in [0.5, 0.6) is 0 Å². The van der Waals surface area contributed by atoms with Gasteiger partial charge in [-0.3, -0.25) is 4.98 Å². The van der Waals surface area contributed by atoms with E-state index in [9.17, 15) is 0 Å². The monoisotopic (exact) mass is 271 g/mol. The van der Waals surface area contributed by atoms with Gasteiger partial charge in [0.15, 0.2) is 0 Å². The van der Waals surface area contributed by atoms with Crippen molar-refractivity contribution in [2.24, 2.45) is 0 Å². The van der Waals surface area contributed by atoms with Gasteiger partial charge in [-0.15, -0.1) is 21.8 Å². The smallest absolute Gasteiger partial charge is 0.249 e. The molecule has 5 heteroatoms. The number of alkyl halides is 1. The minimum absolute atomic E-state index is 0.463. The summed E-state index contributed by atoms with van der Waals surface area (Å²) in [4.78, 5) is 4.02. The zero-order valence-electron chi connectivity index (χ0n) is 9.95. The number of nitrogens with zero attached hydrogens (tertiary/aromatic N) is 3. The fourth-order valence-corrected chi connectivity index (χ4v) is 1.86. The maximum Gasteiger partial charge on any atom is 0.249 e. The molecule has 2 aromatic heterocycles. The predicted molar refractivity (Wildman–Crippen MR) is 72.5 cm³/mol. The van der Waals surface area contributed by atoms with Gasteiger partial charge in [0.1, 0.15) is 0 Å². The van der Waals surface area contributed by atoms with Crippen LogP contribution in [0.2, 0.25) is 0 Å². The fraction of sp³-hybridized carbons (Fsp3) is 0.0714. The molecular weight excluding hydrogens is 262 g/mol. The molecule has 0 aliphatic carbocycles. The van der Waals surface area contributed by atoms with Crippen LogP contribution in [-0.2, 0) is 5.88 Å². The Morgan fingerprint density at radius 1 is 0.947 bits per heavy atom. The number of pyridine rings is 1. The van der Waals surface area contributed by atoms with Crippen LogP contribution in [0.1, 0.15) is 5.56 Å². The van der Waals surface area contributed by atoms with E-state index in [1.807, 2.05) is 36.4 Å². The summed E-state index contributed by atoms with van der Waals surface area (Å²) in [6, 6.07) is 11.4. The topological polar surface area (TPSA) is 51.8 Å². The highest BCUT2D eigenvalue weighted by atomic mass is 35.5. The van der Waals surface area contributed by atoms with E-state index in [2.05, 4.69) is 15.2 Å². The van der Waals surface area contributed by atoms with Crippen molar-refractivity contribution in [3.63, 3.8) is 0 Å². The SMILES string of the molecule is ClCc1ccc(-c2nnc(-c3cccnc3)o2)cc1. The lowest BCUT2D eigenvalue weighted by atomic mass is 10.1. The Bertz CT molecular complexity index is 665. The first-order valence-electron chi connectivity index (χ1n) is 5.76. The van der Waals surface area contributed by atoms with Crippen LogP contribution in [0, 0.1) is 0 Å². The number of hydrogen-bond acceptors (Lipinski definition) is 4. The molecule has 0 spiro atoms. The van der Waals surface area contributed by atoms with Gasteiger partial charge in [-0.25, -0.2) is 0 Å². The van der Waals surface area contributed by atoms with E-state index in [0.29, 0.717) is 17.7 Å². The summed E-state index contributed by atoms with van der Waals surface area (Å²) in [6.07, 6.45) is 3.39. The summed E-state index contributed by atoms with van der Waals surface area (Å²) in [5.41, 5.74) is 2.73. The van der Waals surface area contributed by atoms with Crippen LogP contribution in [0.25, 0.3) is 22.9 Å². The molecule has 3 aromatic rings. The maximum atomic E-state index is 5.75. The van der Waals surface area contributed by atoms with Crippen LogP contribution in [0.15, 0.2) is 53.2 Å². The number of hydrogen-bond donors (Lipinski definition) is 0. The molecule has 0 atom stereocenters. The predicted octanol–water partition coefficient (Wildman–Crippen LogP) is 3.54. The molecule has 0 N–H and O–H groups in total. The second-order valence-electron chi connectivity index (χ2n) is 3.98. The fourth-order valence-electron chi connectivity index (χ4n) is 1.68. The van der Waals surface area contributed by atoms with Crippen LogP contribution < -0.4 is 0 Å². The van der Waals surface area contributed by atoms with E-state index in [1.54, 1.807) is 12.4 Å². The molecule has 0 saturated heterocycles. The lowest BCUT2D eigenvalue weighted by Crippen LogP contribution is -1.80. The molecule has 94 valence electrons. The van der Waals surface area contributed by atoms with Gasteiger partial charge in [0.05, 0.1) is 5.56 Å². The highest BCUT2D eigenvalue weighted by Crippen LogP contribution is 2.23. The molecule has 0 fully saturated rings. The summed E-state index contributed by atoms with van der Waals surface area (Å²) in [5.74, 6) is 1.44. The quantitative estimate of drug-likeness (QED) is 0.684. The normalized spacial score (nSPS) is 10.6. The van der Waals surface area contributed by atoms with Gasteiger partial charge in [0, 0.05) is 23.8 Å². The number of benzene rings is 1. The first-order valence-corrected chi connectivity index (χ1v) is 6.29. The van der Waals surface area contributed by atoms with Crippen molar-refractivity contribution in [3.8, 4) is 22.9 Å². The Labute approximate surface area is 115 Å². The molecular formula is C14H10ClN3O. The minimum atomic E-state index is 0.463. The Hall–Kier alpha value is -2.20. The van der Waals surface area contributed by atoms with Gasteiger partial charge in [-0.05, 0) is 29.8 Å². The average Bonchev–Trinajstić information content (AvgIpc) is 2.98. The number of halogens is 1. The summed E-state index contributed by atoms with van der Waals surface area (Å²) in [7, 11) is 0. The molecule has 4 nitrogen and oxygen atoms in total. The van der Waals surface area contributed by atoms with Gasteiger partial charge >= 0.3 is 0 Å². The molecule has 3 rings (SSSR count). The van der Waals surface area contributed by atoms with E-state index < -0.39 is 0 Å². The van der Waals surface area contributed by atoms with Crippen LogP contribution >= 0.6 is 11.6 Å². The van der Waals surface area contributed by atoms with Gasteiger partial charge in [-0.1, -0.05) is 12.1 Å². The van der Waals surface area contributed by atoms with Crippen LogP contribution in [0.4, 0.5) is 0 Å². The molecule has 2 heterocycles. The molecule has 0 amide bonds. The lowest BCUT2D eigenvalue weighted by Gasteiger charge is -1.97. The summed E-state index contributed by atoms with van der Waals surface area (Å²) >= 11 is 5.75. The third-order valence-electron chi connectivity index (χ3n) is 2.69. The Morgan fingerprint density at radius 3 is 2.32 bits per heavy atom. The lowest BCUT2D eigenvalue weighted by molar-refractivity contribution is 0.584. The van der Waals surface area contributed by atoms with E-state index in [1.165, 1.54) is 0 Å². The summed E-state index contributed by atoms with van der Waals surface area (Å²) in [6.45, 7) is 0. The molecule has 0 aliphatic heterocycles. The van der Waals surface area contributed by atoms with E-state index in [4.69, 9.17) is 16.0 Å². The third kappa shape index (κ3) is 2.48. The zero-order valence-corrected chi connectivity index (χ0v) is 10.7. The molecule has 1 aromatic carbocycles. The first-order chi connectivity index (χ1) is 9.36. The molecule has 0 bridgehead atoms. The van der Waals surface area contributed by atoms with Gasteiger partial charge in [-0.2, -0.15) is 0 Å². The van der Waals surface area contributed by atoms with Gasteiger partial charge < -0.3 is 4.42 Å². The molecule has 0 radical (unpaired) electrons. The second-order valence-corrected chi connectivity index (χ2v) is 4.25. The van der Waals surface area contributed by atoms with Crippen molar-refractivity contribution in [2.75, 3.05) is 0 Å². The number of aromatic nitrogens is 3. The zero-order chi connectivity index (χ0) is 13.1. The second kappa shape index (κ2) is 5.20. The van der Waals surface area contributed by atoms with Gasteiger partial charge in [0.25, 0.3) is 0 Å². The van der Waals surface area contributed by atoms with E-state index in [0.717, 1.165) is 16.7 Å².